The summed E-state index contributed by atoms with van der Waals surface area (Å²) in [6.45, 7) is 3.45. The molecule has 0 spiro atoms. The summed E-state index contributed by atoms with van der Waals surface area (Å²) in [5, 5.41) is 13.7. The lowest BCUT2D eigenvalue weighted by molar-refractivity contribution is 0.174. The fraction of sp³-hybridized carbons (Fsp3) is 0.226. The SMILES string of the molecule is COc1cc(OCc2cccc(-c3ccccc3)c2C)cc(OC)c1CNC[C@@H](O)c1ccccc1. The number of ether oxygens (including phenoxy) is 3. The van der Waals surface area contributed by atoms with Gasteiger partial charge in [-0.3, -0.25) is 0 Å². The summed E-state index contributed by atoms with van der Waals surface area (Å²) < 4.78 is 17.5. The summed E-state index contributed by atoms with van der Waals surface area (Å²) in [5.41, 5.74) is 6.45. The Bertz CT molecular complexity index is 1230. The smallest absolute Gasteiger partial charge is 0.130 e. The van der Waals surface area contributed by atoms with Crippen LogP contribution in [-0.2, 0) is 13.2 Å². The van der Waals surface area contributed by atoms with Gasteiger partial charge in [0.05, 0.1) is 25.9 Å². The van der Waals surface area contributed by atoms with E-state index in [0.717, 1.165) is 16.7 Å². The van der Waals surface area contributed by atoms with Crippen LogP contribution in [0.25, 0.3) is 11.1 Å². The average molecular weight is 484 g/mol. The maximum atomic E-state index is 10.4. The first-order valence-corrected chi connectivity index (χ1v) is 12.1. The number of rotatable bonds is 11. The number of benzene rings is 4. The maximum Gasteiger partial charge on any atom is 0.130 e. The second-order valence-electron chi connectivity index (χ2n) is 8.61. The highest BCUT2D eigenvalue weighted by Gasteiger charge is 2.15. The Labute approximate surface area is 213 Å². The van der Waals surface area contributed by atoms with Gasteiger partial charge < -0.3 is 24.6 Å². The lowest BCUT2D eigenvalue weighted by Gasteiger charge is -2.18. The van der Waals surface area contributed by atoms with Crippen LogP contribution in [0.15, 0.2) is 91.0 Å². The fourth-order valence-corrected chi connectivity index (χ4v) is 4.28. The third kappa shape index (κ3) is 6.06. The molecule has 0 saturated heterocycles. The van der Waals surface area contributed by atoms with E-state index in [9.17, 15) is 5.11 Å². The van der Waals surface area contributed by atoms with Crippen molar-refractivity contribution in [1.82, 2.24) is 5.32 Å². The quantitative estimate of drug-likeness (QED) is 0.271. The van der Waals surface area contributed by atoms with E-state index in [2.05, 4.69) is 54.7 Å². The van der Waals surface area contributed by atoms with Gasteiger partial charge in [-0.2, -0.15) is 0 Å². The van der Waals surface area contributed by atoms with Crippen molar-refractivity contribution in [1.29, 1.82) is 0 Å². The first kappa shape index (κ1) is 25.3. The highest BCUT2D eigenvalue weighted by molar-refractivity contribution is 5.68. The molecule has 0 amide bonds. The number of aliphatic hydroxyl groups is 1. The van der Waals surface area contributed by atoms with E-state index in [0.29, 0.717) is 36.9 Å². The topological polar surface area (TPSA) is 60.0 Å². The Hall–Kier alpha value is -3.80. The van der Waals surface area contributed by atoms with Crippen molar-refractivity contribution in [3.05, 3.63) is 113 Å². The second kappa shape index (κ2) is 12.2. The van der Waals surface area contributed by atoms with Crippen molar-refractivity contribution in [3.63, 3.8) is 0 Å². The van der Waals surface area contributed by atoms with Gasteiger partial charge in [0.1, 0.15) is 23.9 Å². The monoisotopic (exact) mass is 483 g/mol. The van der Waals surface area contributed by atoms with Gasteiger partial charge in [0.25, 0.3) is 0 Å². The van der Waals surface area contributed by atoms with E-state index in [1.54, 1.807) is 14.2 Å². The summed E-state index contributed by atoms with van der Waals surface area (Å²) in [5.74, 6) is 2.00. The molecule has 0 aromatic heterocycles. The van der Waals surface area contributed by atoms with Gasteiger partial charge >= 0.3 is 0 Å². The van der Waals surface area contributed by atoms with Gasteiger partial charge in [-0.25, -0.2) is 0 Å². The molecule has 4 aromatic carbocycles. The molecule has 36 heavy (non-hydrogen) atoms. The summed E-state index contributed by atoms with van der Waals surface area (Å²) in [6, 6.07) is 30.0. The maximum absolute atomic E-state index is 10.4. The number of hydrogen-bond acceptors (Lipinski definition) is 5. The Morgan fingerprint density at radius 1 is 0.806 bits per heavy atom. The molecule has 0 aliphatic carbocycles. The zero-order valence-electron chi connectivity index (χ0n) is 21.0. The molecular weight excluding hydrogens is 450 g/mol. The van der Waals surface area contributed by atoms with Crippen molar-refractivity contribution >= 4 is 0 Å². The first-order valence-electron chi connectivity index (χ1n) is 12.1. The van der Waals surface area contributed by atoms with E-state index in [-0.39, 0.29) is 0 Å². The van der Waals surface area contributed by atoms with Crippen LogP contribution in [-0.4, -0.2) is 25.9 Å². The van der Waals surface area contributed by atoms with Crippen LogP contribution in [0, 0.1) is 6.92 Å². The van der Waals surface area contributed by atoms with Crippen LogP contribution in [0.2, 0.25) is 0 Å². The average Bonchev–Trinajstić information content (AvgIpc) is 2.93. The van der Waals surface area contributed by atoms with Gasteiger partial charge in [0, 0.05) is 25.2 Å². The number of methoxy groups -OCH3 is 2. The Morgan fingerprint density at radius 2 is 1.44 bits per heavy atom. The first-order chi connectivity index (χ1) is 17.6. The van der Waals surface area contributed by atoms with Crippen LogP contribution >= 0.6 is 0 Å². The zero-order valence-corrected chi connectivity index (χ0v) is 21.0. The van der Waals surface area contributed by atoms with E-state index >= 15 is 0 Å². The normalized spacial score (nSPS) is 11.7. The Morgan fingerprint density at radius 3 is 2.08 bits per heavy atom. The summed E-state index contributed by atoms with van der Waals surface area (Å²) in [7, 11) is 3.27. The Balaban J connectivity index is 1.46. The van der Waals surface area contributed by atoms with Crippen LogP contribution in [0.1, 0.15) is 28.4 Å². The molecule has 0 saturated carbocycles. The minimum atomic E-state index is -0.597. The van der Waals surface area contributed by atoms with Gasteiger partial charge in [-0.15, -0.1) is 0 Å². The molecule has 2 N–H and O–H groups in total. The van der Waals surface area contributed by atoms with Crippen molar-refractivity contribution < 1.29 is 19.3 Å². The third-order valence-electron chi connectivity index (χ3n) is 6.33. The minimum absolute atomic E-state index is 0.408. The van der Waals surface area contributed by atoms with Crippen LogP contribution in [0.3, 0.4) is 0 Å². The number of aliphatic hydroxyl groups excluding tert-OH is 1. The largest absolute Gasteiger partial charge is 0.496 e. The van der Waals surface area contributed by atoms with Crippen LogP contribution in [0.4, 0.5) is 0 Å². The minimum Gasteiger partial charge on any atom is -0.496 e. The number of hydrogen-bond donors (Lipinski definition) is 2. The zero-order chi connectivity index (χ0) is 25.3. The standard InChI is InChI=1S/C31H33NO4/c1-22-25(15-10-16-27(22)23-11-6-4-7-12-23)21-36-26-17-30(34-2)28(31(18-26)35-3)19-32-20-29(33)24-13-8-5-9-14-24/h4-18,29,32-33H,19-21H2,1-3H3/t29-/m1/s1. The van der Waals surface area contributed by atoms with Gasteiger partial charge in [-0.05, 0) is 34.7 Å². The molecule has 0 aliphatic heterocycles. The number of nitrogens with one attached hydrogen (secondary N) is 1. The molecule has 0 bridgehead atoms. The lowest BCUT2D eigenvalue weighted by Crippen LogP contribution is -2.21. The van der Waals surface area contributed by atoms with E-state index in [4.69, 9.17) is 14.2 Å². The fourth-order valence-electron chi connectivity index (χ4n) is 4.28. The van der Waals surface area contributed by atoms with Gasteiger partial charge in [0.2, 0.25) is 0 Å². The molecule has 1 atom stereocenters. The van der Waals surface area contributed by atoms with E-state index < -0.39 is 6.10 Å². The second-order valence-corrected chi connectivity index (χ2v) is 8.61. The van der Waals surface area contributed by atoms with Crippen molar-refractivity contribution in [3.8, 4) is 28.4 Å². The highest BCUT2D eigenvalue weighted by Crippen LogP contribution is 2.35. The van der Waals surface area contributed by atoms with Gasteiger partial charge in [-0.1, -0.05) is 78.9 Å². The lowest BCUT2D eigenvalue weighted by atomic mass is 9.97. The summed E-state index contributed by atoms with van der Waals surface area (Å²) in [4.78, 5) is 0. The van der Waals surface area contributed by atoms with E-state index in [1.165, 1.54) is 16.7 Å². The molecule has 0 fully saturated rings. The molecule has 0 aliphatic rings. The van der Waals surface area contributed by atoms with Crippen molar-refractivity contribution in [2.45, 2.75) is 26.2 Å². The van der Waals surface area contributed by atoms with Gasteiger partial charge in [0.15, 0.2) is 0 Å². The van der Waals surface area contributed by atoms with Crippen LogP contribution < -0.4 is 19.5 Å². The summed E-state index contributed by atoms with van der Waals surface area (Å²) in [6.07, 6.45) is -0.597. The predicted molar refractivity (Wildman–Crippen MR) is 144 cm³/mol. The van der Waals surface area contributed by atoms with Crippen molar-refractivity contribution in [2.24, 2.45) is 0 Å². The molecule has 186 valence electrons. The molecule has 0 unspecified atom stereocenters. The molecule has 0 heterocycles. The van der Waals surface area contributed by atoms with Crippen molar-refractivity contribution in [2.75, 3.05) is 20.8 Å². The molecule has 0 radical (unpaired) electrons. The van der Waals surface area contributed by atoms with Crippen LogP contribution in [0.5, 0.6) is 17.2 Å². The Kier molecular flexibility index (Phi) is 8.61. The third-order valence-corrected chi connectivity index (χ3v) is 6.33. The molecular formula is C31H33NO4. The molecule has 5 nitrogen and oxygen atoms in total. The molecule has 4 rings (SSSR count). The predicted octanol–water partition coefficient (Wildman–Crippen LogP) is 6.08. The summed E-state index contributed by atoms with van der Waals surface area (Å²) >= 11 is 0. The highest BCUT2D eigenvalue weighted by atomic mass is 16.5. The molecule has 5 heteroatoms. The molecule has 4 aromatic rings. The van der Waals surface area contributed by atoms with E-state index in [1.807, 2.05) is 48.5 Å².